The first-order valence-corrected chi connectivity index (χ1v) is 19.6. The maximum atomic E-state index is 14.5. The van der Waals surface area contributed by atoms with Crippen LogP contribution in [0.15, 0.2) is 87.8 Å². The molecular formula is C46H39N5O8. The first-order chi connectivity index (χ1) is 28.7. The van der Waals surface area contributed by atoms with Gasteiger partial charge in [0.1, 0.15) is 23.2 Å². The Morgan fingerprint density at radius 1 is 0.932 bits per heavy atom. The van der Waals surface area contributed by atoms with E-state index >= 15 is 0 Å². The van der Waals surface area contributed by atoms with E-state index in [9.17, 15) is 9.59 Å². The van der Waals surface area contributed by atoms with E-state index in [-0.39, 0.29) is 23.8 Å². The van der Waals surface area contributed by atoms with Crippen molar-refractivity contribution in [2.75, 3.05) is 26.6 Å². The van der Waals surface area contributed by atoms with Gasteiger partial charge >= 0.3 is 0 Å². The maximum Gasteiger partial charge on any atom is 0.252 e. The molecule has 59 heavy (non-hydrogen) atoms. The minimum Gasteiger partial charge on any atom is -0.493 e. The van der Waals surface area contributed by atoms with Crippen molar-refractivity contribution < 1.29 is 37.4 Å². The Labute approximate surface area is 338 Å². The molecule has 4 atom stereocenters. The predicted molar refractivity (Wildman–Crippen MR) is 216 cm³/mol. The summed E-state index contributed by atoms with van der Waals surface area (Å²) in [7, 11) is 4.45. The van der Waals surface area contributed by atoms with Gasteiger partial charge in [0.2, 0.25) is 23.4 Å². The number of hydrogen-bond acceptors (Lipinski definition) is 11. The molecule has 1 aliphatic carbocycles. The zero-order valence-electron chi connectivity index (χ0n) is 32.9. The molecule has 0 saturated carbocycles. The monoisotopic (exact) mass is 789 g/mol. The van der Waals surface area contributed by atoms with Gasteiger partial charge in [0.05, 0.1) is 27.5 Å². The molecule has 6 aromatic rings. The summed E-state index contributed by atoms with van der Waals surface area (Å²) in [6.45, 7) is 3.96. The van der Waals surface area contributed by atoms with Crippen molar-refractivity contribution in [3.8, 4) is 45.7 Å². The molecule has 4 aromatic carbocycles. The molecule has 4 aliphatic heterocycles. The number of rotatable bonds is 6. The van der Waals surface area contributed by atoms with Crippen LogP contribution in [0.1, 0.15) is 75.5 Å². The third-order valence-electron chi connectivity index (χ3n) is 12.3. The molecule has 3 N–H and O–H groups in total. The van der Waals surface area contributed by atoms with Crippen molar-refractivity contribution in [3.05, 3.63) is 130 Å². The maximum absolute atomic E-state index is 14.5. The molecule has 0 saturated heterocycles. The Bertz CT molecular complexity index is 2790. The lowest BCUT2D eigenvalue weighted by molar-refractivity contribution is -0.124. The molecule has 0 radical (unpaired) electrons. The highest BCUT2D eigenvalue weighted by Crippen LogP contribution is 2.61. The summed E-state index contributed by atoms with van der Waals surface area (Å²) < 4.78 is 37.2. The number of carbonyl (C=O) groups is 2. The minimum absolute atomic E-state index is 0.161. The molecule has 2 unspecified atom stereocenters. The van der Waals surface area contributed by atoms with Crippen LogP contribution < -0.4 is 34.9 Å². The van der Waals surface area contributed by atoms with Crippen molar-refractivity contribution in [1.29, 1.82) is 0 Å². The highest BCUT2D eigenvalue weighted by molar-refractivity contribution is 5.99. The van der Waals surface area contributed by atoms with Gasteiger partial charge in [0, 0.05) is 39.9 Å². The predicted octanol–water partition coefficient (Wildman–Crippen LogP) is 6.97. The van der Waals surface area contributed by atoms with Crippen LogP contribution in [0, 0.1) is 5.92 Å². The molecule has 5 aliphatic rings. The summed E-state index contributed by atoms with van der Waals surface area (Å²) in [5.74, 6) is 2.19. The van der Waals surface area contributed by atoms with Gasteiger partial charge in [-0.25, -0.2) is 9.97 Å². The average Bonchev–Trinajstić information content (AvgIpc) is 4.08. The second-order valence-corrected chi connectivity index (χ2v) is 15.8. The molecule has 1 spiro atoms. The van der Waals surface area contributed by atoms with Crippen LogP contribution in [0.25, 0.3) is 28.3 Å². The van der Waals surface area contributed by atoms with Crippen LogP contribution in [-0.4, -0.2) is 55.4 Å². The highest BCUT2D eigenvalue weighted by atomic mass is 16.5. The number of oxazole rings is 2. The summed E-state index contributed by atoms with van der Waals surface area (Å²) in [6.07, 6.45) is 4.22. The second-order valence-electron chi connectivity index (χ2n) is 15.8. The van der Waals surface area contributed by atoms with Gasteiger partial charge in [-0.2, -0.15) is 0 Å². The molecule has 0 fully saturated rings. The quantitative estimate of drug-likeness (QED) is 0.160. The zero-order chi connectivity index (χ0) is 40.3. The number of ether oxygens (including phenoxy) is 4. The van der Waals surface area contributed by atoms with Crippen LogP contribution in [0.4, 0.5) is 5.69 Å². The molecule has 2 amide bonds. The first kappa shape index (κ1) is 35.2. The Kier molecular flexibility index (Phi) is 7.59. The summed E-state index contributed by atoms with van der Waals surface area (Å²) in [6, 6.07) is 20.0. The minimum atomic E-state index is -1.07. The summed E-state index contributed by atoms with van der Waals surface area (Å²) >= 11 is 0. The molecular weight excluding hydrogens is 751 g/mol. The molecule has 13 nitrogen and oxygen atoms in total. The van der Waals surface area contributed by atoms with E-state index in [2.05, 4.69) is 58.4 Å². The number of carbonyl (C=O) groups excluding carboxylic acids is 2. The van der Waals surface area contributed by atoms with E-state index in [1.165, 1.54) is 26.9 Å². The Hall–Kier alpha value is -7.02. The fraction of sp³-hybridized carbons (Fsp3) is 0.261. The van der Waals surface area contributed by atoms with E-state index in [1.807, 2.05) is 32.0 Å². The van der Waals surface area contributed by atoms with E-state index in [4.69, 9.17) is 37.7 Å². The van der Waals surface area contributed by atoms with Crippen LogP contribution >= 0.6 is 0 Å². The third-order valence-corrected chi connectivity index (χ3v) is 12.3. The number of fused-ring (bicyclic) bond motifs is 7. The topological polar surface area (TPSA) is 159 Å². The van der Waals surface area contributed by atoms with Gasteiger partial charge in [0.15, 0.2) is 34.9 Å². The van der Waals surface area contributed by atoms with Gasteiger partial charge in [-0.05, 0) is 52.8 Å². The van der Waals surface area contributed by atoms with Gasteiger partial charge < -0.3 is 43.7 Å². The number of methoxy groups -OCH3 is 3. The van der Waals surface area contributed by atoms with Gasteiger partial charge in [0.25, 0.3) is 5.91 Å². The number of nitrogens with one attached hydrogen (secondary N) is 3. The number of allylic oxidation sites excluding steroid dienone is 1. The standard InChI is InChI=1S/C46H39N5O8/c1-21(2)36-44-50-38-40(59-44)46-28-11-7-10-26(25-9-6-8-23-13-14-27(35(23)25)34-20-47-43(38)57-34)37(28)51-45(46)58-31-15-12-22(16-29(31)46)17-30(42(53)49-36)48-41(52)24-18-32(54-3)39(56-5)33(19-24)55-4/h6-12,14-16,18-21,30,36,45,51H,13,17H2,1-5H3,(H,48,52)(H,49,53)/t30?,36-,45-,46?/m0/s1. The molecule has 11 rings (SSSR count). The SMILES string of the molecule is COc1cc(C(=O)NC2Cc3ccc4c(c3)C35c6cccc(c6N[C@H]3O4)-c3cccc4c3C(=CC4)c3cnc(o3)-c3nc(oc35)[C@H](C(C)C)NC2=O)cc(OC)c1OC. The van der Waals surface area contributed by atoms with E-state index in [1.54, 1.807) is 18.3 Å². The Morgan fingerprint density at radius 2 is 1.73 bits per heavy atom. The van der Waals surface area contributed by atoms with Gasteiger partial charge in [-0.1, -0.05) is 68.5 Å². The number of aromatic nitrogens is 2. The third kappa shape index (κ3) is 4.90. The van der Waals surface area contributed by atoms with Gasteiger partial charge in [-0.15, -0.1) is 0 Å². The lowest BCUT2D eigenvalue weighted by Gasteiger charge is -2.29. The Balaban J connectivity index is 1.13. The van der Waals surface area contributed by atoms with Crippen molar-refractivity contribution in [2.24, 2.45) is 5.92 Å². The molecule has 10 bridgehead atoms. The van der Waals surface area contributed by atoms with Crippen molar-refractivity contribution in [2.45, 2.75) is 50.4 Å². The normalized spacial score (nSPS) is 21.2. The fourth-order valence-corrected chi connectivity index (χ4v) is 9.56. The molecule has 6 heterocycles. The summed E-state index contributed by atoms with van der Waals surface area (Å²) in [5.41, 5.74) is 8.43. The number of hydrogen-bond donors (Lipinski definition) is 3. The first-order valence-electron chi connectivity index (χ1n) is 19.6. The van der Waals surface area contributed by atoms with Gasteiger partial charge in [-0.3, -0.25) is 9.59 Å². The number of anilines is 1. The van der Waals surface area contributed by atoms with Crippen molar-refractivity contribution >= 4 is 23.1 Å². The summed E-state index contributed by atoms with van der Waals surface area (Å²) in [5, 5.41) is 10.0. The molecule has 2 aromatic heterocycles. The summed E-state index contributed by atoms with van der Waals surface area (Å²) in [4.78, 5) is 38.7. The number of amides is 2. The lowest BCUT2D eigenvalue weighted by atomic mass is 9.72. The van der Waals surface area contributed by atoms with Crippen LogP contribution in [0.3, 0.4) is 0 Å². The van der Waals surface area contributed by atoms with Crippen LogP contribution in [0.5, 0.6) is 23.0 Å². The lowest BCUT2D eigenvalue weighted by Crippen LogP contribution is -2.49. The average molecular weight is 790 g/mol. The number of benzene rings is 4. The molecule has 296 valence electrons. The molecule has 13 heteroatoms. The smallest absolute Gasteiger partial charge is 0.252 e. The largest absolute Gasteiger partial charge is 0.493 e. The number of para-hydroxylation sites is 1. The van der Waals surface area contributed by atoms with Crippen LogP contribution in [0.2, 0.25) is 0 Å². The van der Waals surface area contributed by atoms with Crippen LogP contribution in [-0.2, 0) is 23.1 Å². The van der Waals surface area contributed by atoms with Crippen molar-refractivity contribution in [1.82, 2.24) is 20.6 Å². The van der Waals surface area contributed by atoms with Crippen molar-refractivity contribution in [3.63, 3.8) is 0 Å². The highest BCUT2D eigenvalue weighted by Gasteiger charge is 2.61. The Morgan fingerprint density at radius 3 is 2.51 bits per heavy atom. The second kappa shape index (κ2) is 12.7. The van der Waals surface area contributed by atoms with E-state index in [0.29, 0.717) is 46.1 Å². The van der Waals surface area contributed by atoms with E-state index in [0.717, 1.165) is 51.1 Å². The number of nitrogens with zero attached hydrogens (tertiary/aromatic N) is 2. The fourth-order valence-electron chi connectivity index (χ4n) is 9.56. The van der Waals surface area contributed by atoms with E-state index < -0.39 is 35.5 Å². The zero-order valence-corrected chi connectivity index (χ0v) is 32.9.